The molecule has 16 heavy (non-hydrogen) atoms. The Bertz CT molecular complexity index is 416. The molecule has 0 unspecified atom stereocenters. The van der Waals surface area contributed by atoms with Crippen molar-refractivity contribution in [2.24, 2.45) is 10.9 Å². The van der Waals surface area contributed by atoms with Crippen LogP contribution in [0.2, 0.25) is 5.02 Å². The molecule has 0 aromatic heterocycles. The van der Waals surface area contributed by atoms with Gasteiger partial charge in [0.1, 0.15) is 0 Å². The molecule has 0 bridgehead atoms. The lowest BCUT2D eigenvalue weighted by atomic mass is 10.1. The molecule has 4 nitrogen and oxygen atoms in total. The average Bonchev–Trinajstić information content (AvgIpc) is 3.10. The zero-order valence-electron chi connectivity index (χ0n) is 8.78. The van der Waals surface area contributed by atoms with Crippen LogP contribution in [0.1, 0.15) is 24.0 Å². The molecule has 1 aromatic carbocycles. The van der Waals surface area contributed by atoms with Gasteiger partial charge in [-0.05, 0) is 24.5 Å². The smallest absolute Gasteiger partial charge is 0.170 e. The van der Waals surface area contributed by atoms with Crippen LogP contribution >= 0.6 is 11.6 Å². The monoisotopic (exact) mass is 239 g/mol. The summed E-state index contributed by atoms with van der Waals surface area (Å²) in [5.74, 6) is 0.0728. The van der Waals surface area contributed by atoms with Crippen LogP contribution in [-0.4, -0.2) is 17.1 Å². The lowest BCUT2D eigenvalue weighted by Crippen LogP contribution is -2.16. The Hall–Kier alpha value is -1.26. The molecule has 4 N–H and O–H groups in total. The zero-order valence-corrected chi connectivity index (χ0v) is 9.54. The number of oxime groups is 1. The third kappa shape index (κ3) is 2.65. The van der Waals surface area contributed by atoms with Gasteiger partial charge in [0.25, 0.3) is 0 Å². The summed E-state index contributed by atoms with van der Waals surface area (Å²) in [6.45, 7) is 0.764. The Morgan fingerprint density at radius 2 is 2.31 bits per heavy atom. The molecule has 0 atom stereocenters. The first-order valence-electron chi connectivity index (χ1n) is 5.20. The van der Waals surface area contributed by atoms with Crippen LogP contribution < -0.4 is 11.1 Å². The van der Waals surface area contributed by atoms with Crippen molar-refractivity contribution in [1.82, 2.24) is 5.32 Å². The summed E-state index contributed by atoms with van der Waals surface area (Å²) in [6.07, 6.45) is 2.50. The number of nitrogens with zero attached hydrogens (tertiary/aromatic N) is 1. The van der Waals surface area contributed by atoms with E-state index < -0.39 is 0 Å². The van der Waals surface area contributed by atoms with Crippen LogP contribution in [0.15, 0.2) is 23.4 Å². The van der Waals surface area contributed by atoms with E-state index in [1.165, 1.54) is 12.8 Å². The lowest BCUT2D eigenvalue weighted by molar-refractivity contribution is 0.318. The van der Waals surface area contributed by atoms with Gasteiger partial charge < -0.3 is 16.3 Å². The largest absolute Gasteiger partial charge is 0.409 e. The van der Waals surface area contributed by atoms with Crippen molar-refractivity contribution < 1.29 is 5.21 Å². The molecular formula is C11H14ClN3O. The maximum atomic E-state index is 8.54. The van der Waals surface area contributed by atoms with Gasteiger partial charge in [-0.1, -0.05) is 28.9 Å². The number of hydrogen-bond donors (Lipinski definition) is 3. The molecule has 0 spiro atoms. The van der Waals surface area contributed by atoms with E-state index in [2.05, 4.69) is 10.5 Å². The van der Waals surface area contributed by atoms with E-state index in [-0.39, 0.29) is 5.84 Å². The second-order valence-corrected chi connectivity index (χ2v) is 4.35. The molecule has 2 rings (SSSR count). The Balaban J connectivity index is 2.08. The van der Waals surface area contributed by atoms with Crippen LogP contribution in [-0.2, 0) is 6.54 Å². The van der Waals surface area contributed by atoms with Crippen molar-refractivity contribution in [1.29, 1.82) is 0 Å². The quantitative estimate of drug-likeness (QED) is 0.324. The molecule has 86 valence electrons. The number of nitrogens with one attached hydrogen (secondary N) is 1. The third-order valence-electron chi connectivity index (χ3n) is 2.62. The molecule has 1 aromatic rings. The Kier molecular flexibility index (Phi) is 3.31. The molecule has 0 aliphatic heterocycles. The summed E-state index contributed by atoms with van der Waals surface area (Å²) in [4.78, 5) is 0. The van der Waals surface area contributed by atoms with E-state index in [9.17, 15) is 0 Å². The summed E-state index contributed by atoms with van der Waals surface area (Å²) in [7, 11) is 0. The summed E-state index contributed by atoms with van der Waals surface area (Å²) < 4.78 is 0. The highest BCUT2D eigenvalue weighted by Crippen LogP contribution is 2.22. The standard InChI is InChI=1S/C11H14ClN3O/c12-10-5-7(11(13)15-16)1-2-8(10)6-14-9-3-4-9/h1-2,5,9,14,16H,3-4,6H2,(H2,13,15). The normalized spacial score (nSPS) is 16.4. The van der Waals surface area contributed by atoms with Crippen molar-refractivity contribution in [3.63, 3.8) is 0 Å². The van der Waals surface area contributed by atoms with Crippen LogP contribution in [0.25, 0.3) is 0 Å². The van der Waals surface area contributed by atoms with Crippen molar-refractivity contribution in [3.05, 3.63) is 34.3 Å². The molecule has 0 radical (unpaired) electrons. The van der Waals surface area contributed by atoms with Crippen LogP contribution in [0.5, 0.6) is 0 Å². The van der Waals surface area contributed by atoms with Crippen molar-refractivity contribution in [3.8, 4) is 0 Å². The average molecular weight is 240 g/mol. The Morgan fingerprint density at radius 3 is 2.88 bits per heavy atom. The van der Waals surface area contributed by atoms with Gasteiger partial charge in [0.05, 0.1) is 0 Å². The van der Waals surface area contributed by atoms with Crippen LogP contribution in [0.4, 0.5) is 0 Å². The maximum absolute atomic E-state index is 8.54. The van der Waals surface area contributed by atoms with Gasteiger partial charge in [0.15, 0.2) is 5.84 Å². The highest BCUT2D eigenvalue weighted by molar-refractivity contribution is 6.31. The highest BCUT2D eigenvalue weighted by atomic mass is 35.5. The molecule has 1 aliphatic rings. The Morgan fingerprint density at radius 1 is 1.56 bits per heavy atom. The summed E-state index contributed by atoms with van der Waals surface area (Å²) in [5.41, 5.74) is 7.13. The minimum atomic E-state index is 0.0728. The van der Waals surface area contributed by atoms with E-state index in [1.54, 1.807) is 12.1 Å². The molecule has 1 saturated carbocycles. The first kappa shape index (κ1) is 11.2. The fourth-order valence-corrected chi connectivity index (χ4v) is 1.70. The summed E-state index contributed by atoms with van der Waals surface area (Å²) in [6, 6.07) is 6.05. The fraction of sp³-hybridized carbons (Fsp3) is 0.364. The molecular weight excluding hydrogens is 226 g/mol. The number of amidine groups is 1. The van der Waals surface area contributed by atoms with Gasteiger partial charge >= 0.3 is 0 Å². The third-order valence-corrected chi connectivity index (χ3v) is 2.97. The van der Waals surface area contributed by atoms with E-state index in [1.807, 2.05) is 6.07 Å². The highest BCUT2D eigenvalue weighted by Gasteiger charge is 2.20. The minimum absolute atomic E-state index is 0.0728. The van der Waals surface area contributed by atoms with Gasteiger partial charge in [-0.2, -0.15) is 0 Å². The second kappa shape index (κ2) is 4.72. The Labute approximate surface area is 99.1 Å². The number of hydrogen-bond acceptors (Lipinski definition) is 3. The number of rotatable bonds is 4. The number of nitrogens with two attached hydrogens (primary N) is 1. The van der Waals surface area contributed by atoms with E-state index in [4.69, 9.17) is 22.5 Å². The molecule has 5 heteroatoms. The number of benzene rings is 1. The van der Waals surface area contributed by atoms with E-state index in [0.29, 0.717) is 16.6 Å². The van der Waals surface area contributed by atoms with Crippen molar-refractivity contribution in [2.75, 3.05) is 0 Å². The molecule has 0 saturated heterocycles. The van der Waals surface area contributed by atoms with Crippen molar-refractivity contribution in [2.45, 2.75) is 25.4 Å². The first-order chi connectivity index (χ1) is 7.70. The zero-order chi connectivity index (χ0) is 11.5. The molecule has 1 fully saturated rings. The van der Waals surface area contributed by atoms with E-state index in [0.717, 1.165) is 12.1 Å². The molecule has 0 heterocycles. The van der Waals surface area contributed by atoms with Crippen LogP contribution in [0.3, 0.4) is 0 Å². The molecule has 0 amide bonds. The maximum Gasteiger partial charge on any atom is 0.170 e. The predicted molar refractivity (Wildman–Crippen MR) is 63.8 cm³/mol. The van der Waals surface area contributed by atoms with Gasteiger partial charge in [0, 0.05) is 23.2 Å². The van der Waals surface area contributed by atoms with E-state index >= 15 is 0 Å². The van der Waals surface area contributed by atoms with Gasteiger partial charge in [-0.3, -0.25) is 0 Å². The van der Waals surface area contributed by atoms with Gasteiger partial charge in [0.2, 0.25) is 0 Å². The fourth-order valence-electron chi connectivity index (χ4n) is 1.45. The van der Waals surface area contributed by atoms with Crippen molar-refractivity contribution >= 4 is 17.4 Å². The van der Waals surface area contributed by atoms with Gasteiger partial charge in [-0.15, -0.1) is 0 Å². The lowest BCUT2D eigenvalue weighted by Gasteiger charge is -2.07. The SMILES string of the molecule is N/C(=N/O)c1ccc(CNC2CC2)c(Cl)c1. The second-order valence-electron chi connectivity index (χ2n) is 3.95. The van der Waals surface area contributed by atoms with Gasteiger partial charge in [-0.25, -0.2) is 0 Å². The molecule has 1 aliphatic carbocycles. The van der Waals surface area contributed by atoms with Crippen LogP contribution in [0, 0.1) is 0 Å². The topological polar surface area (TPSA) is 70.6 Å². The predicted octanol–water partition coefficient (Wildman–Crippen LogP) is 1.69. The summed E-state index contributed by atoms with van der Waals surface area (Å²) in [5, 5.41) is 15.5. The summed E-state index contributed by atoms with van der Waals surface area (Å²) >= 11 is 6.10. The number of halogens is 1. The first-order valence-corrected chi connectivity index (χ1v) is 5.58. The minimum Gasteiger partial charge on any atom is -0.409 e.